The zero-order chi connectivity index (χ0) is 14.2. The maximum atomic E-state index is 4.45. The smallest absolute Gasteiger partial charge is 0.223 e. The van der Waals surface area contributed by atoms with Gasteiger partial charge in [-0.2, -0.15) is 5.10 Å². The van der Waals surface area contributed by atoms with Gasteiger partial charge in [0.2, 0.25) is 5.95 Å². The average Bonchev–Trinajstić information content (AvgIpc) is 3.11. The van der Waals surface area contributed by atoms with Crippen LogP contribution < -0.4 is 5.32 Å². The van der Waals surface area contributed by atoms with Crippen LogP contribution in [0.4, 0.5) is 5.95 Å². The number of aromatic amines is 1. The molecule has 2 N–H and O–H groups in total. The lowest BCUT2D eigenvalue weighted by molar-refractivity contribution is 0.795. The van der Waals surface area contributed by atoms with Crippen LogP contribution in [-0.2, 0) is 13.6 Å². The molecule has 4 aromatic rings. The van der Waals surface area contributed by atoms with Crippen molar-refractivity contribution >= 4 is 27.9 Å². The van der Waals surface area contributed by atoms with Gasteiger partial charge in [-0.3, -0.25) is 4.68 Å². The molecule has 21 heavy (non-hydrogen) atoms. The monoisotopic (exact) mass is 278 g/mol. The minimum atomic E-state index is 0.615. The highest BCUT2D eigenvalue weighted by Crippen LogP contribution is 2.16. The summed E-state index contributed by atoms with van der Waals surface area (Å²) in [6.45, 7) is 0.687. The van der Waals surface area contributed by atoms with Gasteiger partial charge in [-0.05, 0) is 29.1 Å². The fraction of sp³-hybridized carbons (Fsp3) is 0.133. The largest absolute Gasteiger partial charge is 0.361 e. The van der Waals surface area contributed by atoms with E-state index < -0.39 is 0 Å². The molecular formula is C15H14N6. The van der Waals surface area contributed by atoms with Gasteiger partial charge in [-0.15, -0.1) is 0 Å². The Morgan fingerprint density at radius 3 is 3.14 bits per heavy atom. The number of aryl methyl sites for hydroxylation is 1. The Labute approximate surface area is 120 Å². The molecule has 0 amide bonds. The minimum Gasteiger partial charge on any atom is -0.361 e. The quantitative estimate of drug-likeness (QED) is 0.604. The summed E-state index contributed by atoms with van der Waals surface area (Å²) >= 11 is 0. The standard InChI is InChI=1S/C15H14N6/c1-21-14-9-18-15(20-13(14)8-19-21)17-7-10-2-3-12-11(6-10)4-5-16-12/h2-6,8-9,16H,7H2,1H3,(H,17,18,20). The number of rotatable bonds is 3. The van der Waals surface area contributed by atoms with E-state index in [0.29, 0.717) is 12.5 Å². The van der Waals surface area contributed by atoms with Crippen LogP contribution in [0.2, 0.25) is 0 Å². The van der Waals surface area contributed by atoms with E-state index in [1.165, 1.54) is 10.9 Å². The second-order valence-corrected chi connectivity index (χ2v) is 4.99. The molecule has 6 nitrogen and oxygen atoms in total. The van der Waals surface area contributed by atoms with Crippen LogP contribution >= 0.6 is 0 Å². The van der Waals surface area contributed by atoms with E-state index in [-0.39, 0.29) is 0 Å². The van der Waals surface area contributed by atoms with Crippen LogP contribution in [0.25, 0.3) is 21.9 Å². The fourth-order valence-corrected chi connectivity index (χ4v) is 2.42. The van der Waals surface area contributed by atoms with E-state index in [0.717, 1.165) is 16.6 Å². The van der Waals surface area contributed by atoms with E-state index in [1.807, 2.05) is 13.2 Å². The van der Waals surface area contributed by atoms with Crippen molar-refractivity contribution in [1.82, 2.24) is 24.7 Å². The average molecular weight is 278 g/mol. The number of fused-ring (bicyclic) bond motifs is 2. The first-order chi connectivity index (χ1) is 10.3. The van der Waals surface area contributed by atoms with Crippen LogP contribution in [0, 0.1) is 0 Å². The number of anilines is 1. The zero-order valence-corrected chi connectivity index (χ0v) is 11.5. The summed E-state index contributed by atoms with van der Waals surface area (Å²) in [6, 6.07) is 8.39. The molecule has 0 aliphatic heterocycles. The lowest BCUT2D eigenvalue weighted by atomic mass is 10.1. The number of nitrogens with one attached hydrogen (secondary N) is 2. The van der Waals surface area contributed by atoms with Crippen molar-refractivity contribution in [3.8, 4) is 0 Å². The normalized spacial score (nSPS) is 11.3. The maximum Gasteiger partial charge on any atom is 0.223 e. The van der Waals surface area contributed by atoms with Crippen molar-refractivity contribution in [2.75, 3.05) is 5.32 Å². The molecule has 0 saturated heterocycles. The summed E-state index contributed by atoms with van der Waals surface area (Å²) in [5, 5.41) is 8.62. The van der Waals surface area contributed by atoms with Crippen LogP contribution in [0.1, 0.15) is 5.56 Å². The van der Waals surface area contributed by atoms with Crippen molar-refractivity contribution in [2.45, 2.75) is 6.54 Å². The lowest BCUT2D eigenvalue weighted by Gasteiger charge is -2.05. The first-order valence-electron chi connectivity index (χ1n) is 6.74. The van der Waals surface area contributed by atoms with Crippen LogP contribution in [-0.4, -0.2) is 24.7 Å². The van der Waals surface area contributed by atoms with E-state index in [9.17, 15) is 0 Å². The highest BCUT2D eigenvalue weighted by molar-refractivity contribution is 5.80. The van der Waals surface area contributed by atoms with Crippen molar-refractivity contribution in [3.05, 3.63) is 48.4 Å². The summed E-state index contributed by atoms with van der Waals surface area (Å²) in [5.74, 6) is 0.615. The predicted octanol–water partition coefficient (Wildman–Crippen LogP) is 2.46. The molecule has 0 bridgehead atoms. The number of benzene rings is 1. The molecule has 4 rings (SSSR count). The van der Waals surface area contributed by atoms with Gasteiger partial charge in [-0.1, -0.05) is 6.07 Å². The van der Waals surface area contributed by atoms with Crippen molar-refractivity contribution in [3.63, 3.8) is 0 Å². The highest BCUT2D eigenvalue weighted by Gasteiger charge is 2.04. The maximum absolute atomic E-state index is 4.45. The fourth-order valence-electron chi connectivity index (χ4n) is 2.42. The van der Waals surface area contributed by atoms with Gasteiger partial charge >= 0.3 is 0 Å². The first-order valence-corrected chi connectivity index (χ1v) is 6.74. The number of aromatic nitrogens is 5. The van der Waals surface area contributed by atoms with Crippen LogP contribution in [0.15, 0.2) is 42.9 Å². The molecular weight excluding hydrogens is 264 g/mol. The van der Waals surface area contributed by atoms with E-state index in [1.54, 1.807) is 17.1 Å². The molecule has 0 saturated carbocycles. The van der Waals surface area contributed by atoms with Gasteiger partial charge in [0, 0.05) is 25.3 Å². The van der Waals surface area contributed by atoms with Crippen LogP contribution in [0.5, 0.6) is 0 Å². The molecule has 6 heteroatoms. The molecule has 0 unspecified atom stereocenters. The third kappa shape index (κ3) is 2.10. The summed E-state index contributed by atoms with van der Waals surface area (Å²) in [7, 11) is 1.88. The SMILES string of the molecule is Cn1ncc2nc(NCc3ccc4[nH]ccc4c3)ncc21. The van der Waals surface area contributed by atoms with E-state index in [4.69, 9.17) is 0 Å². The summed E-state index contributed by atoms with van der Waals surface area (Å²) in [5.41, 5.74) is 4.11. The molecule has 0 radical (unpaired) electrons. The third-order valence-corrected chi connectivity index (χ3v) is 3.57. The minimum absolute atomic E-state index is 0.615. The molecule has 3 heterocycles. The molecule has 0 atom stereocenters. The highest BCUT2D eigenvalue weighted by atomic mass is 15.3. The molecule has 0 aliphatic rings. The molecule has 3 aromatic heterocycles. The van der Waals surface area contributed by atoms with E-state index in [2.05, 4.69) is 49.6 Å². The van der Waals surface area contributed by atoms with Gasteiger partial charge in [0.05, 0.1) is 12.4 Å². The topological polar surface area (TPSA) is 71.4 Å². The Morgan fingerprint density at radius 1 is 1.24 bits per heavy atom. The van der Waals surface area contributed by atoms with Gasteiger partial charge in [0.1, 0.15) is 11.0 Å². The molecule has 1 aromatic carbocycles. The van der Waals surface area contributed by atoms with E-state index >= 15 is 0 Å². The van der Waals surface area contributed by atoms with Gasteiger partial charge < -0.3 is 10.3 Å². The Kier molecular flexibility index (Phi) is 2.60. The third-order valence-electron chi connectivity index (χ3n) is 3.57. The second-order valence-electron chi connectivity index (χ2n) is 4.99. The second kappa shape index (κ2) is 4.59. The molecule has 0 fully saturated rings. The summed E-state index contributed by atoms with van der Waals surface area (Å²) in [4.78, 5) is 12.0. The number of nitrogens with zero attached hydrogens (tertiary/aromatic N) is 4. The Balaban J connectivity index is 1.56. The number of hydrogen-bond acceptors (Lipinski definition) is 4. The zero-order valence-electron chi connectivity index (χ0n) is 11.5. The summed E-state index contributed by atoms with van der Waals surface area (Å²) in [6.07, 6.45) is 5.47. The predicted molar refractivity (Wildman–Crippen MR) is 81.9 cm³/mol. The number of hydrogen-bond donors (Lipinski definition) is 2. The van der Waals surface area contributed by atoms with Crippen molar-refractivity contribution in [2.24, 2.45) is 7.05 Å². The first kappa shape index (κ1) is 11.9. The Hall–Kier alpha value is -2.89. The lowest BCUT2D eigenvalue weighted by Crippen LogP contribution is -2.03. The van der Waals surface area contributed by atoms with Crippen molar-refractivity contribution < 1.29 is 0 Å². The number of H-pyrrole nitrogens is 1. The summed E-state index contributed by atoms with van der Waals surface area (Å²) < 4.78 is 1.76. The van der Waals surface area contributed by atoms with Gasteiger partial charge in [0.15, 0.2) is 0 Å². The van der Waals surface area contributed by atoms with Crippen molar-refractivity contribution in [1.29, 1.82) is 0 Å². The van der Waals surface area contributed by atoms with Crippen LogP contribution in [0.3, 0.4) is 0 Å². The molecule has 0 aliphatic carbocycles. The molecule has 0 spiro atoms. The van der Waals surface area contributed by atoms with Gasteiger partial charge in [-0.25, -0.2) is 9.97 Å². The Bertz CT molecular complexity index is 920. The van der Waals surface area contributed by atoms with Gasteiger partial charge in [0.25, 0.3) is 0 Å². The Morgan fingerprint density at radius 2 is 2.19 bits per heavy atom. The molecule has 104 valence electrons.